The van der Waals surface area contributed by atoms with Crippen LogP contribution in [0.5, 0.6) is 0 Å². The first kappa shape index (κ1) is 20.0. The predicted molar refractivity (Wildman–Crippen MR) is 117 cm³/mol. The first-order valence-corrected chi connectivity index (χ1v) is 10.4. The van der Waals surface area contributed by atoms with Crippen LogP contribution in [-0.2, 0) is 17.9 Å². The van der Waals surface area contributed by atoms with E-state index in [1.807, 2.05) is 46.0 Å². The van der Waals surface area contributed by atoms with Crippen LogP contribution in [0.4, 0.5) is 0 Å². The molecule has 30 heavy (non-hydrogen) atoms. The second-order valence-electron chi connectivity index (χ2n) is 8.05. The van der Waals surface area contributed by atoms with Crippen molar-refractivity contribution in [3.63, 3.8) is 0 Å². The highest BCUT2D eigenvalue weighted by atomic mass is 16.2. The van der Waals surface area contributed by atoms with Crippen molar-refractivity contribution in [2.75, 3.05) is 13.1 Å². The molecule has 1 unspecified atom stereocenters. The highest BCUT2D eigenvalue weighted by molar-refractivity contribution is 5.92. The van der Waals surface area contributed by atoms with Crippen molar-refractivity contribution in [1.82, 2.24) is 14.8 Å². The van der Waals surface area contributed by atoms with Crippen LogP contribution in [0.2, 0.25) is 0 Å². The number of carbonyl (C=O) groups excluding carboxylic acids is 2. The van der Waals surface area contributed by atoms with Gasteiger partial charge in [0.1, 0.15) is 5.69 Å². The Hall–Kier alpha value is -3.34. The van der Waals surface area contributed by atoms with Gasteiger partial charge in [-0.25, -0.2) is 0 Å². The van der Waals surface area contributed by atoms with Gasteiger partial charge in [0.15, 0.2) is 0 Å². The van der Waals surface area contributed by atoms with Crippen molar-refractivity contribution in [2.45, 2.75) is 26.4 Å². The van der Waals surface area contributed by atoms with E-state index >= 15 is 0 Å². The molecule has 1 aliphatic rings. The maximum absolute atomic E-state index is 12.7. The summed E-state index contributed by atoms with van der Waals surface area (Å²) < 4.78 is 1.95. The number of carbonyl (C=O) groups is 2. The van der Waals surface area contributed by atoms with Gasteiger partial charge >= 0.3 is 0 Å². The second-order valence-corrected chi connectivity index (χ2v) is 8.05. The Kier molecular flexibility index (Phi) is 5.98. The summed E-state index contributed by atoms with van der Waals surface area (Å²) in [5.74, 6) is 0.201. The summed E-state index contributed by atoms with van der Waals surface area (Å²) in [5, 5.41) is 3.03. The molecule has 3 aromatic rings. The van der Waals surface area contributed by atoms with E-state index in [2.05, 4.69) is 48.6 Å². The Balaban J connectivity index is 1.31. The highest BCUT2D eigenvalue weighted by Crippen LogP contribution is 2.20. The third-order valence-corrected chi connectivity index (χ3v) is 5.60. The van der Waals surface area contributed by atoms with Gasteiger partial charge in [-0.1, -0.05) is 60.2 Å². The lowest BCUT2D eigenvalue weighted by Crippen LogP contribution is -2.32. The van der Waals surface area contributed by atoms with Crippen LogP contribution < -0.4 is 5.32 Å². The van der Waals surface area contributed by atoms with E-state index in [9.17, 15) is 9.59 Å². The fourth-order valence-electron chi connectivity index (χ4n) is 3.92. The number of hydrogen-bond donors (Lipinski definition) is 1. The first-order valence-electron chi connectivity index (χ1n) is 10.4. The minimum absolute atomic E-state index is 0.0969. The monoisotopic (exact) mass is 401 g/mol. The van der Waals surface area contributed by atoms with Crippen LogP contribution in [-0.4, -0.2) is 34.4 Å². The highest BCUT2D eigenvalue weighted by Gasteiger charge is 2.29. The van der Waals surface area contributed by atoms with Gasteiger partial charge in [0, 0.05) is 44.7 Å². The molecule has 2 heterocycles. The minimum Gasteiger partial charge on any atom is -0.350 e. The largest absolute Gasteiger partial charge is 0.350 e. The van der Waals surface area contributed by atoms with Gasteiger partial charge in [0.05, 0.1) is 0 Å². The second kappa shape index (κ2) is 8.99. The van der Waals surface area contributed by atoms with E-state index in [1.165, 1.54) is 5.56 Å². The molecule has 2 aromatic carbocycles. The fraction of sp³-hybridized carbons (Fsp3) is 0.280. The van der Waals surface area contributed by atoms with E-state index in [-0.39, 0.29) is 17.7 Å². The van der Waals surface area contributed by atoms with Gasteiger partial charge in [-0.3, -0.25) is 9.59 Å². The molecule has 0 saturated carbocycles. The molecule has 0 spiro atoms. The Morgan fingerprint density at radius 3 is 2.47 bits per heavy atom. The summed E-state index contributed by atoms with van der Waals surface area (Å²) >= 11 is 0. The molecule has 154 valence electrons. The van der Waals surface area contributed by atoms with Gasteiger partial charge in [-0.2, -0.15) is 0 Å². The quantitative estimate of drug-likeness (QED) is 0.657. The molecule has 0 aliphatic carbocycles. The summed E-state index contributed by atoms with van der Waals surface area (Å²) in [5.41, 5.74) is 4.14. The molecule has 1 aliphatic heterocycles. The lowest BCUT2D eigenvalue weighted by molar-refractivity contribution is -0.128. The number of aromatic nitrogens is 1. The van der Waals surface area contributed by atoms with Crippen molar-refractivity contribution in [1.29, 1.82) is 0 Å². The molecule has 1 atom stereocenters. The maximum Gasteiger partial charge on any atom is 0.267 e. The molecule has 1 saturated heterocycles. The minimum atomic E-state index is -0.0969. The zero-order valence-electron chi connectivity index (χ0n) is 17.3. The summed E-state index contributed by atoms with van der Waals surface area (Å²) in [6, 6.07) is 22.1. The average Bonchev–Trinajstić information content (AvgIpc) is 3.35. The maximum atomic E-state index is 12.7. The van der Waals surface area contributed by atoms with Crippen molar-refractivity contribution in [2.24, 2.45) is 5.92 Å². The fourth-order valence-corrected chi connectivity index (χ4v) is 3.92. The topological polar surface area (TPSA) is 54.3 Å². The number of hydrogen-bond acceptors (Lipinski definition) is 2. The lowest BCUT2D eigenvalue weighted by Gasteiger charge is -2.17. The van der Waals surface area contributed by atoms with Gasteiger partial charge < -0.3 is 14.8 Å². The van der Waals surface area contributed by atoms with Gasteiger partial charge in [0.2, 0.25) is 5.91 Å². The molecular formula is C25H27N3O2. The van der Waals surface area contributed by atoms with E-state index < -0.39 is 0 Å². The molecule has 1 fully saturated rings. The third-order valence-electron chi connectivity index (χ3n) is 5.60. The zero-order valence-corrected chi connectivity index (χ0v) is 17.3. The normalized spacial score (nSPS) is 16.1. The van der Waals surface area contributed by atoms with Crippen molar-refractivity contribution >= 4 is 11.8 Å². The molecule has 5 heteroatoms. The van der Waals surface area contributed by atoms with E-state index in [4.69, 9.17) is 0 Å². The number of aryl methyl sites for hydroxylation is 1. The SMILES string of the molecule is Cc1ccc(CN2CC(CNC(=O)c3cccn3Cc3ccccc3)CC2=O)cc1. The molecule has 0 radical (unpaired) electrons. The van der Waals surface area contributed by atoms with Crippen molar-refractivity contribution in [3.8, 4) is 0 Å². The summed E-state index contributed by atoms with van der Waals surface area (Å²) in [6.07, 6.45) is 2.40. The number of nitrogens with one attached hydrogen (secondary N) is 1. The number of likely N-dealkylation sites (tertiary alicyclic amines) is 1. The molecule has 1 aromatic heterocycles. The molecule has 4 rings (SSSR count). The molecule has 5 nitrogen and oxygen atoms in total. The number of nitrogens with zero attached hydrogens (tertiary/aromatic N) is 2. The number of amides is 2. The lowest BCUT2D eigenvalue weighted by atomic mass is 10.1. The standard InChI is InChI=1S/C25H27N3O2/c1-19-9-11-21(12-10-19)17-28-18-22(14-24(28)29)15-26-25(30)23-8-5-13-27(23)16-20-6-3-2-4-7-20/h2-13,22H,14-18H2,1H3,(H,26,30). The average molecular weight is 402 g/mol. The third kappa shape index (κ3) is 4.79. The van der Waals surface area contributed by atoms with Crippen LogP contribution in [0, 0.1) is 12.8 Å². The number of benzene rings is 2. The molecular weight excluding hydrogens is 374 g/mol. The molecule has 1 N–H and O–H groups in total. The van der Waals surface area contributed by atoms with Gasteiger partial charge in [-0.05, 0) is 30.2 Å². The van der Waals surface area contributed by atoms with E-state index in [0.29, 0.717) is 38.3 Å². The smallest absolute Gasteiger partial charge is 0.267 e. The van der Waals surface area contributed by atoms with Gasteiger partial charge in [0.25, 0.3) is 5.91 Å². The van der Waals surface area contributed by atoms with Crippen LogP contribution in [0.15, 0.2) is 72.9 Å². The predicted octanol–water partition coefficient (Wildman–Crippen LogP) is 3.62. The van der Waals surface area contributed by atoms with Gasteiger partial charge in [-0.15, -0.1) is 0 Å². The Morgan fingerprint density at radius 1 is 0.967 bits per heavy atom. The van der Waals surface area contributed by atoms with Crippen LogP contribution >= 0.6 is 0 Å². The van der Waals surface area contributed by atoms with Crippen molar-refractivity contribution in [3.05, 3.63) is 95.3 Å². The molecule has 2 amide bonds. The molecule has 0 bridgehead atoms. The van der Waals surface area contributed by atoms with E-state index in [0.717, 1.165) is 11.1 Å². The zero-order chi connectivity index (χ0) is 20.9. The Bertz CT molecular complexity index is 1010. The van der Waals surface area contributed by atoms with Crippen LogP contribution in [0.1, 0.15) is 33.6 Å². The Labute approximate surface area is 177 Å². The Morgan fingerprint density at radius 2 is 1.70 bits per heavy atom. The van der Waals surface area contributed by atoms with E-state index in [1.54, 1.807) is 0 Å². The van der Waals surface area contributed by atoms with Crippen LogP contribution in [0.25, 0.3) is 0 Å². The number of rotatable bonds is 7. The summed E-state index contributed by atoms with van der Waals surface area (Å²) in [4.78, 5) is 27.0. The first-order chi connectivity index (χ1) is 14.6. The summed E-state index contributed by atoms with van der Waals surface area (Å²) in [7, 11) is 0. The van der Waals surface area contributed by atoms with Crippen molar-refractivity contribution < 1.29 is 9.59 Å². The summed E-state index contributed by atoms with van der Waals surface area (Å²) in [6.45, 7) is 4.52. The van der Waals surface area contributed by atoms with Crippen LogP contribution in [0.3, 0.4) is 0 Å².